The van der Waals surface area contributed by atoms with E-state index < -0.39 is 0 Å². The van der Waals surface area contributed by atoms with Crippen LogP contribution in [0.15, 0.2) is 53.0 Å². The summed E-state index contributed by atoms with van der Waals surface area (Å²) < 4.78 is 3.35. The average molecular weight is 312 g/mol. The number of H-pyrrole nitrogens is 1. The Hall–Kier alpha value is -1.87. The summed E-state index contributed by atoms with van der Waals surface area (Å²) in [7, 11) is 2.10. The Morgan fingerprint density at radius 1 is 0.947 bits per heavy atom. The van der Waals surface area contributed by atoms with E-state index in [0.717, 1.165) is 10.1 Å². The number of halogens is 1. The monoisotopic (exact) mass is 311 g/mol. The van der Waals surface area contributed by atoms with E-state index in [1.807, 2.05) is 0 Å². The summed E-state index contributed by atoms with van der Waals surface area (Å²) in [5, 5.41) is 3.77. The maximum atomic E-state index is 3.65. The summed E-state index contributed by atoms with van der Waals surface area (Å²) >= 11 is 3.65. The number of pyridine rings is 1. The molecule has 92 valence electrons. The van der Waals surface area contributed by atoms with Crippen LogP contribution in [-0.4, -0.2) is 4.98 Å². The fourth-order valence-electron chi connectivity index (χ4n) is 2.79. The maximum absolute atomic E-state index is 3.65. The predicted octanol–water partition coefficient (Wildman–Crippen LogP) is 4.06. The number of fused-ring (bicyclic) bond motifs is 4. The molecule has 0 spiro atoms. The van der Waals surface area contributed by atoms with Crippen molar-refractivity contribution in [3.63, 3.8) is 0 Å². The van der Waals surface area contributed by atoms with E-state index in [1.165, 1.54) is 27.2 Å². The number of rotatable bonds is 0. The first kappa shape index (κ1) is 11.0. The van der Waals surface area contributed by atoms with Gasteiger partial charge in [0.2, 0.25) is 0 Å². The van der Waals surface area contributed by atoms with Crippen LogP contribution in [-0.2, 0) is 7.05 Å². The molecule has 3 heteroatoms. The van der Waals surface area contributed by atoms with Gasteiger partial charge in [0.25, 0.3) is 5.65 Å². The van der Waals surface area contributed by atoms with E-state index >= 15 is 0 Å². The summed E-state index contributed by atoms with van der Waals surface area (Å²) in [4.78, 5) is 3.51. The van der Waals surface area contributed by atoms with Crippen LogP contribution >= 0.6 is 15.9 Å². The summed E-state index contributed by atoms with van der Waals surface area (Å²) in [6.07, 6.45) is 0. The lowest BCUT2D eigenvalue weighted by molar-refractivity contribution is -0.619. The minimum absolute atomic E-state index is 1.13. The van der Waals surface area contributed by atoms with Gasteiger partial charge in [-0.1, -0.05) is 34.1 Å². The third-order valence-electron chi connectivity index (χ3n) is 3.74. The van der Waals surface area contributed by atoms with Crippen molar-refractivity contribution in [3.8, 4) is 0 Å². The van der Waals surface area contributed by atoms with Crippen LogP contribution in [0, 0.1) is 0 Å². The second-order valence-corrected chi connectivity index (χ2v) is 5.66. The maximum Gasteiger partial charge on any atom is 0.287 e. The molecule has 0 unspecified atom stereocenters. The van der Waals surface area contributed by atoms with Crippen LogP contribution in [0.25, 0.3) is 32.8 Å². The molecule has 2 aromatic carbocycles. The van der Waals surface area contributed by atoms with Gasteiger partial charge in [0.1, 0.15) is 11.0 Å². The Bertz CT molecular complexity index is 938. The van der Waals surface area contributed by atoms with E-state index in [2.05, 4.69) is 81.1 Å². The molecule has 2 heterocycles. The standard InChI is InChI=1S/C16H11BrN2/c1-19-15-8-4-6-13(17)12(15)9-11-10-5-2-3-7-14(10)18-16(11)19/h2-9H,1H3/p+1. The Balaban J connectivity index is 2.34. The number of benzene rings is 2. The Morgan fingerprint density at radius 2 is 1.79 bits per heavy atom. The highest BCUT2D eigenvalue weighted by Gasteiger charge is 2.16. The zero-order chi connectivity index (χ0) is 13.0. The lowest BCUT2D eigenvalue weighted by Gasteiger charge is -2.02. The zero-order valence-electron chi connectivity index (χ0n) is 10.4. The Labute approximate surface area is 118 Å². The van der Waals surface area contributed by atoms with Crippen molar-refractivity contribution in [2.75, 3.05) is 0 Å². The molecule has 1 N–H and O–H groups in total. The van der Waals surface area contributed by atoms with Crippen molar-refractivity contribution in [2.24, 2.45) is 7.05 Å². The lowest BCUT2D eigenvalue weighted by atomic mass is 10.1. The van der Waals surface area contributed by atoms with Gasteiger partial charge < -0.3 is 0 Å². The molecule has 0 saturated carbocycles. The molecule has 2 nitrogen and oxygen atoms in total. The number of aromatic nitrogens is 2. The van der Waals surface area contributed by atoms with Gasteiger partial charge in [-0.25, -0.2) is 9.55 Å². The van der Waals surface area contributed by atoms with Gasteiger partial charge in [0.05, 0.1) is 12.4 Å². The SMILES string of the molecule is C[n+]1c2cccc(Br)c2cc2c3ccccc3[nH]c21. The topological polar surface area (TPSA) is 19.7 Å². The van der Waals surface area contributed by atoms with Crippen molar-refractivity contribution >= 4 is 48.8 Å². The molecular weight excluding hydrogens is 300 g/mol. The molecule has 4 rings (SSSR count). The van der Waals surface area contributed by atoms with Crippen molar-refractivity contribution in [2.45, 2.75) is 0 Å². The summed E-state index contributed by atoms with van der Waals surface area (Å²) in [5.74, 6) is 0. The number of nitrogens with zero attached hydrogens (tertiary/aromatic N) is 1. The molecule has 4 aromatic rings. The molecule has 0 fully saturated rings. The second-order valence-electron chi connectivity index (χ2n) is 4.81. The largest absolute Gasteiger partial charge is 0.287 e. The van der Waals surface area contributed by atoms with Gasteiger partial charge in [-0.15, -0.1) is 0 Å². The van der Waals surface area contributed by atoms with Crippen molar-refractivity contribution in [1.82, 2.24) is 4.98 Å². The predicted molar refractivity (Wildman–Crippen MR) is 82.2 cm³/mol. The van der Waals surface area contributed by atoms with Crippen LogP contribution in [0.4, 0.5) is 0 Å². The Morgan fingerprint density at radius 3 is 2.68 bits per heavy atom. The van der Waals surface area contributed by atoms with E-state index in [0.29, 0.717) is 0 Å². The lowest BCUT2D eigenvalue weighted by Crippen LogP contribution is -2.30. The highest BCUT2D eigenvalue weighted by Crippen LogP contribution is 2.29. The zero-order valence-corrected chi connectivity index (χ0v) is 12.0. The van der Waals surface area contributed by atoms with Crippen molar-refractivity contribution in [3.05, 3.63) is 53.0 Å². The molecule has 0 amide bonds. The molecule has 19 heavy (non-hydrogen) atoms. The number of aryl methyl sites for hydroxylation is 1. The molecule has 0 aliphatic carbocycles. The summed E-state index contributed by atoms with van der Waals surface area (Å²) in [5.41, 5.74) is 3.56. The van der Waals surface area contributed by atoms with Crippen molar-refractivity contribution < 1.29 is 4.57 Å². The van der Waals surface area contributed by atoms with Gasteiger partial charge in [-0.2, -0.15) is 0 Å². The van der Waals surface area contributed by atoms with E-state index in [1.54, 1.807) is 0 Å². The van der Waals surface area contributed by atoms with E-state index in [4.69, 9.17) is 0 Å². The molecule has 0 bridgehead atoms. The number of aromatic amines is 1. The molecular formula is C16H12BrN2+. The minimum Gasteiger partial charge on any atom is -0.240 e. The Kier molecular flexibility index (Phi) is 2.21. The molecule has 0 saturated heterocycles. The van der Waals surface area contributed by atoms with Crippen molar-refractivity contribution in [1.29, 1.82) is 0 Å². The highest BCUT2D eigenvalue weighted by atomic mass is 79.9. The van der Waals surface area contributed by atoms with E-state index in [9.17, 15) is 0 Å². The summed E-state index contributed by atoms with van der Waals surface area (Å²) in [6.45, 7) is 0. The normalized spacial score (nSPS) is 11.7. The minimum atomic E-state index is 1.13. The highest BCUT2D eigenvalue weighted by molar-refractivity contribution is 9.10. The molecule has 0 radical (unpaired) electrons. The van der Waals surface area contributed by atoms with Gasteiger partial charge in [0.15, 0.2) is 0 Å². The van der Waals surface area contributed by atoms with Crippen LogP contribution in [0.5, 0.6) is 0 Å². The quantitative estimate of drug-likeness (QED) is 0.472. The van der Waals surface area contributed by atoms with Gasteiger partial charge in [-0.05, 0) is 30.3 Å². The fourth-order valence-corrected chi connectivity index (χ4v) is 3.26. The summed E-state index contributed by atoms with van der Waals surface area (Å²) in [6, 6.07) is 17.0. The number of nitrogens with one attached hydrogen (secondary N) is 1. The average Bonchev–Trinajstić information content (AvgIpc) is 2.80. The smallest absolute Gasteiger partial charge is 0.240 e. The second kappa shape index (κ2) is 3.81. The van der Waals surface area contributed by atoms with E-state index in [-0.39, 0.29) is 0 Å². The first-order valence-corrected chi connectivity index (χ1v) is 7.03. The van der Waals surface area contributed by atoms with Gasteiger partial charge in [-0.3, -0.25) is 0 Å². The van der Waals surface area contributed by atoms with Gasteiger partial charge in [0, 0.05) is 15.2 Å². The molecule has 2 aromatic heterocycles. The van der Waals surface area contributed by atoms with Crippen LogP contribution < -0.4 is 4.57 Å². The third-order valence-corrected chi connectivity index (χ3v) is 4.43. The first-order chi connectivity index (χ1) is 9.25. The van der Waals surface area contributed by atoms with Gasteiger partial charge >= 0.3 is 0 Å². The number of hydrogen-bond acceptors (Lipinski definition) is 0. The van der Waals surface area contributed by atoms with Crippen LogP contribution in [0.1, 0.15) is 0 Å². The fraction of sp³-hybridized carbons (Fsp3) is 0.0625. The van der Waals surface area contributed by atoms with Crippen LogP contribution in [0.2, 0.25) is 0 Å². The molecule has 0 atom stereocenters. The van der Waals surface area contributed by atoms with Crippen LogP contribution in [0.3, 0.4) is 0 Å². The first-order valence-electron chi connectivity index (χ1n) is 6.23. The molecule has 0 aliphatic rings. The molecule has 0 aliphatic heterocycles. The number of hydrogen-bond donors (Lipinski definition) is 1. The number of para-hydroxylation sites is 1. The third kappa shape index (κ3) is 1.45.